The van der Waals surface area contributed by atoms with Crippen molar-refractivity contribution in [3.05, 3.63) is 0 Å². The monoisotopic (exact) mass is 226 g/mol. The van der Waals surface area contributed by atoms with Crippen molar-refractivity contribution in [1.82, 2.24) is 10.6 Å². The second-order valence-corrected chi connectivity index (χ2v) is 5.91. The van der Waals surface area contributed by atoms with Gasteiger partial charge in [0.15, 0.2) is 0 Å². The predicted octanol–water partition coefficient (Wildman–Crippen LogP) is 1.51. The van der Waals surface area contributed by atoms with E-state index in [-0.39, 0.29) is 6.09 Å². The van der Waals surface area contributed by atoms with Gasteiger partial charge >= 0.3 is 6.09 Å². The van der Waals surface area contributed by atoms with E-state index in [4.69, 9.17) is 4.74 Å². The van der Waals surface area contributed by atoms with Crippen LogP contribution in [0.1, 0.15) is 33.6 Å². The second kappa shape index (κ2) is 4.24. The van der Waals surface area contributed by atoms with Gasteiger partial charge in [-0.25, -0.2) is 4.79 Å². The highest BCUT2D eigenvalue weighted by atomic mass is 16.6. The van der Waals surface area contributed by atoms with Gasteiger partial charge in [-0.2, -0.15) is 0 Å². The number of rotatable bonds is 1. The van der Waals surface area contributed by atoms with Crippen molar-refractivity contribution in [2.24, 2.45) is 11.8 Å². The van der Waals surface area contributed by atoms with Gasteiger partial charge in [0.1, 0.15) is 5.60 Å². The molecule has 0 aromatic rings. The van der Waals surface area contributed by atoms with Gasteiger partial charge in [-0.05, 0) is 58.5 Å². The van der Waals surface area contributed by atoms with Crippen LogP contribution in [0.4, 0.5) is 4.79 Å². The first-order valence-electron chi connectivity index (χ1n) is 6.16. The molecule has 2 N–H and O–H groups in total. The third-order valence-electron chi connectivity index (χ3n) is 3.44. The summed E-state index contributed by atoms with van der Waals surface area (Å²) in [4.78, 5) is 11.6. The average Bonchev–Trinajstić information content (AvgIpc) is 2.11. The van der Waals surface area contributed by atoms with Crippen LogP contribution in [0.2, 0.25) is 0 Å². The molecule has 0 unspecified atom stereocenters. The zero-order chi connectivity index (χ0) is 11.8. The van der Waals surface area contributed by atoms with Crippen molar-refractivity contribution in [3.63, 3.8) is 0 Å². The van der Waals surface area contributed by atoms with Crippen molar-refractivity contribution >= 4 is 6.09 Å². The highest BCUT2D eigenvalue weighted by molar-refractivity contribution is 5.68. The minimum atomic E-state index is -0.401. The van der Waals surface area contributed by atoms with Crippen LogP contribution >= 0.6 is 0 Å². The normalized spacial score (nSPS) is 33.6. The van der Waals surface area contributed by atoms with Crippen molar-refractivity contribution in [1.29, 1.82) is 0 Å². The van der Waals surface area contributed by atoms with Crippen LogP contribution in [0, 0.1) is 11.8 Å². The number of carbonyl (C=O) groups excluding carboxylic acids is 1. The molecular weight excluding hydrogens is 204 g/mol. The fraction of sp³-hybridized carbons (Fsp3) is 0.917. The maximum atomic E-state index is 11.6. The maximum Gasteiger partial charge on any atom is 0.407 e. The summed E-state index contributed by atoms with van der Waals surface area (Å²) in [5.74, 6) is 1.42. The average molecular weight is 226 g/mol. The highest BCUT2D eigenvalue weighted by Crippen LogP contribution is 2.38. The Morgan fingerprint density at radius 1 is 1.44 bits per heavy atom. The second-order valence-electron chi connectivity index (χ2n) is 5.91. The minimum absolute atomic E-state index is 0.269. The first kappa shape index (κ1) is 11.7. The maximum absolute atomic E-state index is 11.6. The molecule has 0 spiro atoms. The molecule has 2 rings (SSSR count). The summed E-state index contributed by atoms with van der Waals surface area (Å²) in [5.41, 5.74) is -0.401. The van der Waals surface area contributed by atoms with Crippen LogP contribution in [0.15, 0.2) is 0 Å². The smallest absolute Gasteiger partial charge is 0.407 e. The molecule has 16 heavy (non-hydrogen) atoms. The topological polar surface area (TPSA) is 50.4 Å². The van der Waals surface area contributed by atoms with Crippen molar-refractivity contribution in [2.45, 2.75) is 45.3 Å². The molecule has 0 aromatic carbocycles. The molecular formula is C12H22N2O2. The molecule has 1 amide bonds. The summed E-state index contributed by atoms with van der Waals surface area (Å²) < 4.78 is 5.26. The Morgan fingerprint density at radius 3 is 2.81 bits per heavy atom. The fourth-order valence-corrected chi connectivity index (χ4v) is 2.66. The van der Waals surface area contributed by atoms with Crippen LogP contribution in [-0.4, -0.2) is 30.8 Å². The van der Waals surface area contributed by atoms with Crippen molar-refractivity contribution in [3.8, 4) is 0 Å². The molecule has 1 heterocycles. The van der Waals surface area contributed by atoms with Gasteiger partial charge in [0.25, 0.3) is 0 Å². The number of ether oxygens (including phenoxy) is 1. The van der Waals surface area contributed by atoms with Crippen molar-refractivity contribution in [2.75, 3.05) is 13.1 Å². The van der Waals surface area contributed by atoms with E-state index in [1.165, 1.54) is 6.42 Å². The Kier molecular flexibility index (Phi) is 3.10. The zero-order valence-electron chi connectivity index (χ0n) is 10.4. The first-order valence-corrected chi connectivity index (χ1v) is 6.16. The van der Waals surface area contributed by atoms with Crippen LogP contribution in [0.25, 0.3) is 0 Å². The van der Waals surface area contributed by atoms with Gasteiger partial charge in [-0.3, -0.25) is 0 Å². The summed E-state index contributed by atoms with van der Waals surface area (Å²) in [6, 6.07) is 0.335. The van der Waals surface area contributed by atoms with Gasteiger partial charge in [-0.1, -0.05) is 0 Å². The van der Waals surface area contributed by atoms with E-state index in [1.807, 2.05) is 20.8 Å². The number of piperidine rings is 1. The SMILES string of the molecule is CC(C)(C)OC(=O)N[C@H]1C[C@H]2CNCC[C@H]21. The molecule has 0 radical (unpaired) electrons. The lowest BCUT2D eigenvalue weighted by molar-refractivity contribution is 0.0273. The van der Waals surface area contributed by atoms with E-state index in [0.29, 0.717) is 12.0 Å². The number of fused-ring (bicyclic) bond motifs is 1. The lowest BCUT2D eigenvalue weighted by Crippen LogP contribution is -2.58. The molecule has 2 aliphatic rings. The Morgan fingerprint density at radius 2 is 2.19 bits per heavy atom. The van der Waals surface area contributed by atoms with E-state index >= 15 is 0 Å². The van der Waals surface area contributed by atoms with Gasteiger partial charge < -0.3 is 15.4 Å². The summed E-state index contributed by atoms with van der Waals surface area (Å²) in [6.45, 7) is 7.85. The molecule has 1 aliphatic carbocycles. The lowest BCUT2D eigenvalue weighted by atomic mass is 9.66. The number of amides is 1. The molecule has 1 saturated heterocycles. The van der Waals surface area contributed by atoms with E-state index in [0.717, 1.165) is 25.4 Å². The summed E-state index contributed by atoms with van der Waals surface area (Å²) in [6.07, 6.45) is 2.00. The lowest BCUT2D eigenvalue weighted by Gasteiger charge is -2.48. The molecule has 4 nitrogen and oxygen atoms in total. The molecule has 92 valence electrons. The Hall–Kier alpha value is -0.770. The molecule has 3 atom stereocenters. The van der Waals surface area contributed by atoms with Gasteiger partial charge in [0, 0.05) is 6.04 Å². The first-order chi connectivity index (χ1) is 7.46. The van der Waals surface area contributed by atoms with E-state index < -0.39 is 5.60 Å². The Balaban J connectivity index is 1.76. The van der Waals surface area contributed by atoms with Gasteiger partial charge in [0.2, 0.25) is 0 Å². The highest BCUT2D eigenvalue weighted by Gasteiger charge is 2.43. The molecule has 0 bridgehead atoms. The number of nitrogens with one attached hydrogen (secondary N) is 2. The largest absolute Gasteiger partial charge is 0.444 e. The van der Waals surface area contributed by atoms with Gasteiger partial charge in [0.05, 0.1) is 0 Å². The zero-order valence-corrected chi connectivity index (χ0v) is 10.4. The molecule has 4 heteroatoms. The number of carbonyl (C=O) groups is 1. The number of hydrogen-bond donors (Lipinski definition) is 2. The van der Waals surface area contributed by atoms with Crippen molar-refractivity contribution < 1.29 is 9.53 Å². The summed E-state index contributed by atoms with van der Waals surface area (Å²) in [5, 5.41) is 6.37. The van der Waals surface area contributed by atoms with Crippen LogP contribution in [0.5, 0.6) is 0 Å². The number of hydrogen-bond acceptors (Lipinski definition) is 3. The minimum Gasteiger partial charge on any atom is -0.444 e. The van der Waals surface area contributed by atoms with Crippen LogP contribution < -0.4 is 10.6 Å². The summed E-state index contributed by atoms with van der Waals surface area (Å²) in [7, 11) is 0. The summed E-state index contributed by atoms with van der Waals surface area (Å²) >= 11 is 0. The molecule has 1 saturated carbocycles. The van der Waals surface area contributed by atoms with E-state index in [2.05, 4.69) is 10.6 Å². The van der Waals surface area contributed by atoms with E-state index in [1.54, 1.807) is 0 Å². The Labute approximate surface area is 97.1 Å². The van der Waals surface area contributed by atoms with Gasteiger partial charge in [-0.15, -0.1) is 0 Å². The number of alkyl carbamates (subject to hydrolysis) is 1. The van der Waals surface area contributed by atoms with E-state index in [9.17, 15) is 4.79 Å². The fourth-order valence-electron chi connectivity index (χ4n) is 2.66. The molecule has 0 aromatic heterocycles. The predicted molar refractivity (Wildman–Crippen MR) is 62.2 cm³/mol. The van der Waals surface area contributed by atoms with Crippen LogP contribution in [-0.2, 0) is 4.74 Å². The third kappa shape index (κ3) is 2.67. The quantitative estimate of drug-likeness (QED) is 0.712. The Bertz CT molecular complexity index is 273. The van der Waals surface area contributed by atoms with Crippen LogP contribution in [0.3, 0.4) is 0 Å². The third-order valence-corrected chi connectivity index (χ3v) is 3.44. The molecule has 2 fully saturated rings. The standard InChI is InChI=1S/C12H22N2O2/c1-12(2,3)16-11(15)14-10-6-8-7-13-5-4-9(8)10/h8-10,13H,4-7H2,1-3H3,(H,14,15)/t8-,9+,10-/m0/s1. The molecule has 1 aliphatic heterocycles.